The van der Waals surface area contributed by atoms with Gasteiger partial charge in [0.1, 0.15) is 5.75 Å². The summed E-state index contributed by atoms with van der Waals surface area (Å²) in [5.41, 5.74) is 1.23. The number of ether oxygens (including phenoxy) is 1. The van der Waals surface area contributed by atoms with E-state index in [0.717, 1.165) is 10.2 Å². The van der Waals surface area contributed by atoms with E-state index in [1.165, 1.54) is 5.56 Å². The van der Waals surface area contributed by atoms with Gasteiger partial charge in [-0.3, -0.25) is 0 Å². The summed E-state index contributed by atoms with van der Waals surface area (Å²) in [6.07, 6.45) is 0. The topological polar surface area (TPSA) is 9.23 Å². The van der Waals surface area contributed by atoms with Gasteiger partial charge in [0.2, 0.25) is 0 Å². The molecule has 0 aliphatic rings. The maximum Gasteiger partial charge on any atom is 0.120 e. The van der Waals surface area contributed by atoms with Crippen molar-refractivity contribution < 1.29 is 4.74 Å². The van der Waals surface area contributed by atoms with Crippen LogP contribution in [0.1, 0.15) is 17.3 Å². The molecule has 1 nitrogen and oxygen atoms in total. The zero-order valence-corrected chi connectivity index (χ0v) is 10.1. The summed E-state index contributed by atoms with van der Waals surface area (Å²) < 4.78 is 6.16. The number of hydrogen-bond donors (Lipinski definition) is 0. The molecule has 1 atom stereocenters. The van der Waals surface area contributed by atoms with Gasteiger partial charge >= 0.3 is 0 Å². The molecular weight excluding hydrogens is 284 g/mol. The third-order valence-electron chi connectivity index (χ3n) is 1.64. The average molecular weight is 294 g/mol. The van der Waals surface area contributed by atoms with Crippen LogP contribution in [0.25, 0.3) is 0 Å². The molecular formula is C9H10Br2O. The van der Waals surface area contributed by atoms with Gasteiger partial charge in [-0.1, -0.05) is 37.9 Å². The Hall–Kier alpha value is -0.0200. The second-order valence-corrected chi connectivity index (χ2v) is 4.73. The van der Waals surface area contributed by atoms with Gasteiger partial charge < -0.3 is 4.74 Å². The highest BCUT2D eigenvalue weighted by atomic mass is 79.9. The smallest absolute Gasteiger partial charge is 0.120 e. The Labute approximate surface area is 89.4 Å². The molecule has 1 unspecified atom stereocenters. The van der Waals surface area contributed by atoms with Gasteiger partial charge in [-0.2, -0.15) is 0 Å². The van der Waals surface area contributed by atoms with Crippen molar-refractivity contribution in [3.63, 3.8) is 0 Å². The molecule has 0 fully saturated rings. The van der Waals surface area contributed by atoms with Crippen molar-refractivity contribution in [3.05, 3.63) is 28.2 Å². The lowest BCUT2D eigenvalue weighted by Crippen LogP contribution is -1.88. The molecule has 3 heteroatoms. The third-order valence-corrected chi connectivity index (χ3v) is 2.82. The highest BCUT2D eigenvalue weighted by Crippen LogP contribution is 2.31. The molecule has 0 amide bonds. The van der Waals surface area contributed by atoms with Crippen LogP contribution >= 0.6 is 31.9 Å². The van der Waals surface area contributed by atoms with E-state index in [-0.39, 0.29) is 0 Å². The number of alkyl halides is 1. The number of rotatable bonds is 2. The summed E-state index contributed by atoms with van der Waals surface area (Å²) in [4.78, 5) is 0.359. The minimum Gasteiger partial charge on any atom is -0.497 e. The Morgan fingerprint density at radius 2 is 2.08 bits per heavy atom. The monoisotopic (exact) mass is 292 g/mol. The number of benzene rings is 1. The zero-order chi connectivity index (χ0) is 9.14. The Morgan fingerprint density at radius 1 is 1.42 bits per heavy atom. The standard InChI is InChI=1S/C9H10Br2O/c1-6(10)8-4-3-7(12-2)5-9(8)11/h3-6H,1-2H3. The van der Waals surface area contributed by atoms with E-state index in [1.807, 2.05) is 18.2 Å². The summed E-state index contributed by atoms with van der Waals surface area (Å²) >= 11 is 6.99. The second kappa shape index (κ2) is 4.28. The lowest BCUT2D eigenvalue weighted by atomic mass is 10.2. The van der Waals surface area contributed by atoms with Gasteiger partial charge in [-0.25, -0.2) is 0 Å². The van der Waals surface area contributed by atoms with Gasteiger partial charge in [-0.05, 0) is 24.6 Å². The normalized spacial score (nSPS) is 12.7. The minimum atomic E-state index is 0.359. The van der Waals surface area contributed by atoms with Crippen molar-refractivity contribution in [1.82, 2.24) is 0 Å². The number of hydrogen-bond acceptors (Lipinski definition) is 1. The highest BCUT2D eigenvalue weighted by molar-refractivity contribution is 9.11. The predicted molar refractivity (Wildman–Crippen MR) is 58.0 cm³/mol. The Bertz CT molecular complexity index is 271. The summed E-state index contributed by atoms with van der Waals surface area (Å²) in [6.45, 7) is 2.09. The molecule has 0 heterocycles. The minimum absolute atomic E-state index is 0.359. The van der Waals surface area contributed by atoms with Crippen molar-refractivity contribution in [2.45, 2.75) is 11.8 Å². The van der Waals surface area contributed by atoms with Gasteiger partial charge in [0.15, 0.2) is 0 Å². The van der Waals surface area contributed by atoms with Crippen molar-refractivity contribution in [3.8, 4) is 5.75 Å². The Morgan fingerprint density at radius 3 is 2.50 bits per heavy atom. The predicted octanol–water partition coefficient (Wildman–Crippen LogP) is 3.91. The van der Waals surface area contributed by atoms with Crippen molar-refractivity contribution >= 4 is 31.9 Å². The van der Waals surface area contributed by atoms with Crippen LogP contribution in [0.5, 0.6) is 5.75 Å². The van der Waals surface area contributed by atoms with Crippen molar-refractivity contribution in [2.75, 3.05) is 7.11 Å². The molecule has 0 spiro atoms. The average Bonchev–Trinajstić information content (AvgIpc) is 2.03. The zero-order valence-electron chi connectivity index (χ0n) is 6.97. The van der Waals surface area contributed by atoms with E-state index in [1.54, 1.807) is 7.11 Å². The molecule has 12 heavy (non-hydrogen) atoms. The second-order valence-electron chi connectivity index (χ2n) is 2.50. The van der Waals surface area contributed by atoms with Gasteiger partial charge in [0.25, 0.3) is 0 Å². The summed E-state index contributed by atoms with van der Waals surface area (Å²) in [7, 11) is 1.67. The summed E-state index contributed by atoms with van der Waals surface area (Å²) in [6, 6.07) is 5.97. The third kappa shape index (κ3) is 2.23. The van der Waals surface area contributed by atoms with E-state index < -0.39 is 0 Å². The molecule has 0 bridgehead atoms. The lowest BCUT2D eigenvalue weighted by molar-refractivity contribution is 0.414. The summed E-state index contributed by atoms with van der Waals surface area (Å²) in [5, 5.41) is 0. The molecule has 1 aromatic carbocycles. The van der Waals surface area contributed by atoms with E-state index in [4.69, 9.17) is 4.74 Å². The molecule has 0 radical (unpaired) electrons. The highest BCUT2D eigenvalue weighted by Gasteiger charge is 2.05. The quantitative estimate of drug-likeness (QED) is 0.751. The maximum absolute atomic E-state index is 5.08. The summed E-state index contributed by atoms with van der Waals surface area (Å²) in [5.74, 6) is 0.874. The fourth-order valence-corrected chi connectivity index (χ4v) is 2.37. The lowest BCUT2D eigenvalue weighted by Gasteiger charge is -2.08. The fraction of sp³-hybridized carbons (Fsp3) is 0.333. The Kier molecular flexibility index (Phi) is 3.59. The molecule has 1 rings (SSSR count). The molecule has 66 valence electrons. The first-order valence-corrected chi connectivity index (χ1v) is 5.33. The van der Waals surface area contributed by atoms with Gasteiger partial charge in [0.05, 0.1) is 7.11 Å². The molecule has 0 saturated carbocycles. The van der Waals surface area contributed by atoms with Gasteiger partial charge in [0, 0.05) is 9.30 Å². The van der Waals surface area contributed by atoms with Crippen LogP contribution in [0, 0.1) is 0 Å². The SMILES string of the molecule is COc1ccc(C(C)Br)c(Br)c1. The van der Waals surface area contributed by atoms with Crippen LogP contribution in [-0.2, 0) is 0 Å². The number of methoxy groups -OCH3 is 1. The van der Waals surface area contributed by atoms with E-state index in [2.05, 4.69) is 38.8 Å². The van der Waals surface area contributed by atoms with Crippen LogP contribution in [0.4, 0.5) is 0 Å². The Balaban J connectivity index is 3.03. The molecule has 0 aliphatic carbocycles. The van der Waals surface area contributed by atoms with Crippen LogP contribution in [0.2, 0.25) is 0 Å². The van der Waals surface area contributed by atoms with Crippen molar-refractivity contribution in [1.29, 1.82) is 0 Å². The number of halogens is 2. The van der Waals surface area contributed by atoms with Crippen LogP contribution in [0.3, 0.4) is 0 Å². The van der Waals surface area contributed by atoms with Crippen LogP contribution < -0.4 is 4.74 Å². The van der Waals surface area contributed by atoms with Gasteiger partial charge in [-0.15, -0.1) is 0 Å². The molecule has 0 aliphatic heterocycles. The largest absolute Gasteiger partial charge is 0.497 e. The van der Waals surface area contributed by atoms with E-state index in [9.17, 15) is 0 Å². The van der Waals surface area contributed by atoms with Crippen LogP contribution in [-0.4, -0.2) is 7.11 Å². The van der Waals surface area contributed by atoms with Crippen molar-refractivity contribution in [2.24, 2.45) is 0 Å². The van der Waals surface area contributed by atoms with E-state index >= 15 is 0 Å². The first kappa shape index (κ1) is 10.1. The first-order valence-electron chi connectivity index (χ1n) is 3.62. The van der Waals surface area contributed by atoms with Crippen LogP contribution in [0.15, 0.2) is 22.7 Å². The molecule has 0 aromatic heterocycles. The molecule has 0 saturated heterocycles. The first-order chi connectivity index (χ1) is 5.65. The maximum atomic E-state index is 5.08. The molecule has 1 aromatic rings. The molecule has 0 N–H and O–H groups in total. The fourth-order valence-electron chi connectivity index (χ4n) is 0.957. The van der Waals surface area contributed by atoms with E-state index in [0.29, 0.717) is 4.83 Å².